The van der Waals surface area contributed by atoms with Crippen LogP contribution in [0.3, 0.4) is 0 Å². The molecule has 0 amide bonds. The lowest BCUT2D eigenvalue weighted by atomic mass is 9.69. The number of nitrogens with zero attached hydrogens (tertiary/aromatic N) is 2. The molecule has 1 fully saturated rings. The van der Waals surface area contributed by atoms with Crippen molar-refractivity contribution in [1.29, 1.82) is 0 Å². The van der Waals surface area contributed by atoms with E-state index in [0.29, 0.717) is 11.3 Å². The van der Waals surface area contributed by atoms with Crippen molar-refractivity contribution in [2.24, 2.45) is 11.3 Å². The third-order valence-electron chi connectivity index (χ3n) is 4.83. The van der Waals surface area contributed by atoms with Gasteiger partial charge in [-0.05, 0) is 66.0 Å². The summed E-state index contributed by atoms with van der Waals surface area (Å²) in [4.78, 5) is 9.63. The van der Waals surface area contributed by atoms with Gasteiger partial charge in [-0.15, -0.1) is 0 Å². The van der Waals surface area contributed by atoms with E-state index in [1.54, 1.807) is 0 Å². The van der Waals surface area contributed by atoms with Crippen molar-refractivity contribution >= 4 is 28.4 Å². The van der Waals surface area contributed by atoms with E-state index < -0.39 is 0 Å². The fourth-order valence-corrected chi connectivity index (χ4v) is 4.21. The van der Waals surface area contributed by atoms with Crippen LogP contribution < -0.4 is 5.32 Å². The molecule has 2 rings (SSSR count). The summed E-state index contributed by atoms with van der Waals surface area (Å²) in [7, 11) is 1.95. The molecule has 0 bridgehead atoms. The van der Waals surface area contributed by atoms with E-state index in [1.165, 1.54) is 34.9 Å². The third kappa shape index (κ3) is 3.88. The summed E-state index contributed by atoms with van der Waals surface area (Å²) in [6.07, 6.45) is 6.04. The van der Waals surface area contributed by atoms with Crippen molar-refractivity contribution in [3.05, 3.63) is 15.1 Å². The number of nitrogens with one attached hydrogen (secondary N) is 1. The summed E-state index contributed by atoms with van der Waals surface area (Å²) in [6, 6.07) is 0. The van der Waals surface area contributed by atoms with Crippen molar-refractivity contribution in [2.75, 3.05) is 12.4 Å². The minimum absolute atomic E-state index is 0.433. The first kappa shape index (κ1) is 17.0. The van der Waals surface area contributed by atoms with Crippen molar-refractivity contribution < 1.29 is 0 Å². The number of aromatic nitrogens is 2. The average molecular weight is 401 g/mol. The molecule has 0 spiro atoms. The van der Waals surface area contributed by atoms with Gasteiger partial charge in [0.1, 0.15) is 11.6 Å². The number of aryl methyl sites for hydroxylation is 1. The molecule has 0 atom stereocenters. The van der Waals surface area contributed by atoms with Crippen molar-refractivity contribution in [1.82, 2.24) is 9.97 Å². The van der Waals surface area contributed by atoms with Gasteiger partial charge < -0.3 is 5.32 Å². The van der Waals surface area contributed by atoms with Crippen LogP contribution in [0.4, 0.5) is 5.82 Å². The highest BCUT2D eigenvalue weighted by molar-refractivity contribution is 14.1. The Labute approximate surface area is 142 Å². The standard InChI is InChI=1S/C17H28IN3/c1-6-13-14(18)16(19-5)21-15(20-13)11-7-9-12(10-8-11)17(2,3)4/h11-12H,6-10H2,1-5H3,(H,19,20,21). The maximum atomic E-state index is 4.85. The van der Waals surface area contributed by atoms with Gasteiger partial charge in [-0.25, -0.2) is 9.97 Å². The lowest BCUT2D eigenvalue weighted by molar-refractivity contribution is 0.167. The molecule has 1 aromatic heterocycles. The number of halogens is 1. The lowest BCUT2D eigenvalue weighted by Gasteiger charge is -2.36. The van der Waals surface area contributed by atoms with E-state index in [9.17, 15) is 0 Å². The molecule has 0 aromatic carbocycles. The molecular weight excluding hydrogens is 373 g/mol. The first-order chi connectivity index (χ1) is 9.86. The monoisotopic (exact) mass is 401 g/mol. The van der Waals surface area contributed by atoms with E-state index >= 15 is 0 Å². The molecule has 118 valence electrons. The number of anilines is 1. The summed E-state index contributed by atoms with van der Waals surface area (Å²) >= 11 is 2.35. The van der Waals surface area contributed by atoms with Gasteiger partial charge in [0.25, 0.3) is 0 Å². The molecule has 0 aliphatic heterocycles. The normalized spacial score (nSPS) is 23.1. The highest BCUT2D eigenvalue weighted by atomic mass is 127. The predicted octanol–water partition coefficient (Wildman–Crippen LogP) is 5.01. The molecule has 21 heavy (non-hydrogen) atoms. The summed E-state index contributed by atoms with van der Waals surface area (Å²) in [6.45, 7) is 9.28. The van der Waals surface area contributed by atoms with Crippen molar-refractivity contribution in [3.8, 4) is 0 Å². The summed E-state index contributed by atoms with van der Waals surface area (Å²) in [5, 5.41) is 3.22. The number of rotatable bonds is 3. The first-order valence-electron chi connectivity index (χ1n) is 8.10. The van der Waals surface area contributed by atoms with E-state index in [2.05, 4.69) is 55.6 Å². The van der Waals surface area contributed by atoms with Crippen LogP contribution in [0.25, 0.3) is 0 Å². The van der Waals surface area contributed by atoms with E-state index in [4.69, 9.17) is 9.97 Å². The fraction of sp³-hybridized carbons (Fsp3) is 0.765. The second kappa shape index (κ2) is 6.80. The van der Waals surface area contributed by atoms with Crippen LogP contribution in [0.1, 0.15) is 70.8 Å². The SMILES string of the molecule is CCc1nc(C2CCC(C(C)(C)C)CC2)nc(NC)c1I. The fourth-order valence-electron chi connectivity index (χ4n) is 3.31. The molecule has 0 radical (unpaired) electrons. The van der Waals surface area contributed by atoms with Gasteiger partial charge >= 0.3 is 0 Å². The van der Waals surface area contributed by atoms with E-state index in [-0.39, 0.29) is 0 Å². The van der Waals surface area contributed by atoms with Crippen LogP contribution in [0.2, 0.25) is 0 Å². The zero-order valence-electron chi connectivity index (χ0n) is 14.0. The quantitative estimate of drug-likeness (QED) is 0.724. The van der Waals surface area contributed by atoms with Gasteiger partial charge in [-0.3, -0.25) is 0 Å². The van der Waals surface area contributed by atoms with Gasteiger partial charge in [0.2, 0.25) is 0 Å². The Hall–Kier alpha value is -0.390. The average Bonchev–Trinajstić information content (AvgIpc) is 2.47. The minimum atomic E-state index is 0.433. The van der Waals surface area contributed by atoms with Crippen LogP contribution in [0.5, 0.6) is 0 Å². The smallest absolute Gasteiger partial charge is 0.143 e. The van der Waals surface area contributed by atoms with Crippen LogP contribution in [-0.4, -0.2) is 17.0 Å². The molecule has 3 nitrogen and oxygen atoms in total. The van der Waals surface area contributed by atoms with Crippen LogP contribution in [0.15, 0.2) is 0 Å². The minimum Gasteiger partial charge on any atom is -0.372 e. The molecule has 1 saturated carbocycles. The third-order valence-corrected chi connectivity index (χ3v) is 5.96. The summed E-state index contributed by atoms with van der Waals surface area (Å²) in [5.74, 6) is 3.43. The number of hydrogen-bond donors (Lipinski definition) is 1. The Morgan fingerprint density at radius 1 is 1.14 bits per heavy atom. The van der Waals surface area contributed by atoms with E-state index in [0.717, 1.165) is 24.0 Å². The Balaban J connectivity index is 2.17. The van der Waals surface area contributed by atoms with Gasteiger partial charge in [0.05, 0.1) is 9.26 Å². The molecule has 4 heteroatoms. The second-order valence-corrected chi connectivity index (χ2v) is 8.29. The Bertz CT molecular complexity index is 460. The van der Waals surface area contributed by atoms with Gasteiger partial charge in [0.15, 0.2) is 0 Å². The van der Waals surface area contributed by atoms with Crippen LogP contribution in [0, 0.1) is 14.9 Å². The molecule has 1 aliphatic carbocycles. The van der Waals surface area contributed by atoms with Crippen molar-refractivity contribution in [2.45, 2.75) is 65.7 Å². The van der Waals surface area contributed by atoms with Crippen molar-refractivity contribution in [3.63, 3.8) is 0 Å². The van der Waals surface area contributed by atoms with Gasteiger partial charge in [-0.2, -0.15) is 0 Å². The topological polar surface area (TPSA) is 37.8 Å². The number of hydrogen-bond acceptors (Lipinski definition) is 3. The Morgan fingerprint density at radius 3 is 2.24 bits per heavy atom. The second-order valence-electron chi connectivity index (χ2n) is 7.21. The Kier molecular flexibility index (Phi) is 5.49. The molecule has 1 N–H and O–H groups in total. The summed E-state index contributed by atoms with van der Waals surface area (Å²) in [5.41, 5.74) is 1.62. The molecule has 1 heterocycles. The molecule has 0 unspecified atom stereocenters. The highest BCUT2D eigenvalue weighted by Gasteiger charge is 2.31. The summed E-state index contributed by atoms with van der Waals surface area (Å²) < 4.78 is 1.17. The maximum absolute atomic E-state index is 4.85. The molecule has 0 saturated heterocycles. The maximum Gasteiger partial charge on any atom is 0.143 e. The zero-order chi connectivity index (χ0) is 15.6. The molecule has 1 aromatic rings. The molecular formula is C17H28IN3. The first-order valence-corrected chi connectivity index (χ1v) is 9.18. The largest absolute Gasteiger partial charge is 0.372 e. The molecule has 1 aliphatic rings. The van der Waals surface area contributed by atoms with Crippen LogP contribution >= 0.6 is 22.6 Å². The van der Waals surface area contributed by atoms with E-state index in [1.807, 2.05) is 7.05 Å². The van der Waals surface area contributed by atoms with Gasteiger partial charge in [0, 0.05) is 13.0 Å². The highest BCUT2D eigenvalue weighted by Crippen LogP contribution is 2.42. The zero-order valence-corrected chi connectivity index (χ0v) is 16.1. The predicted molar refractivity (Wildman–Crippen MR) is 97.8 cm³/mol. The van der Waals surface area contributed by atoms with Gasteiger partial charge in [-0.1, -0.05) is 27.7 Å². The lowest BCUT2D eigenvalue weighted by Crippen LogP contribution is -2.26. The van der Waals surface area contributed by atoms with Crippen LogP contribution in [-0.2, 0) is 6.42 Å². The Morgan fingerprint density at radius 2 is 1.76 bits per heavy atom.